The van der Waals surface area contributed by atoms with E-state index < -0.39 is 12.0 Å². The maximum absolute atomic E-state index is 10.9. The molecular formula is C8H13NO4. The van der Waals surface area contributed by atoms with Crippen LogP contribution in [0.2, 0.25) is 0 Å². The highest BCUT2D eigenvalue weighted by atomic mass is 16.4. The molecule has 13 heavy (non-hydrogen) atoms. The number of carbonyl (C=O) groups excluding carboxylic acids is 2. The summed E-state index contributed by atoms with van der Waals surface area (Å²) in [6.45, 7) is 2.89. The van der Waals surface area contributed by atoms with Crippen LogP contribution in [0.5, 0.6) is 0 Å². The molecule has 0 aromatic heterocycles. The van der Waals surface area contributed by atoms with Gasteiger partial charge in [0, 0.05) is 6.42 Å². The molecule has 0 fully saturated rings. The molecule has 0 aromatic carbocycles. The van der Waals surface area contributed by atoms with Crippen LogP contribution in [0.25, 0.3) is 0 Å². The summed E-state index contributed by atoms with van der Waals surface area (Å²) in [4.78, 5) is 32.0. The van der Waals surface area contributed by atoms with Gasteiger partial charge in [0.1, 0.15) is 0 Å². The van der Waals surface area contributed by atoms with Gasteiger partial charge in [-0.25, -0.2) is 0 Å². The molecule has 0 aliphatic carbocycles. The third-order valence-corrected chi connectivity index (χ3v) is 1.53. The van der Waals surface area contributed by atoms with Crippen molar-refractivity contribution < 1.29 is 19.5 Å². The molecule has 1 amide bonds. The monoisotopic (exact) mass is 187 g/mol. The Labute approximate surface area is 76.1 Å². The van der Waals surface area contributed by atoms with Crippen LogP contribution < -0.4 is 5.32 Å². The van der Waals surface area contributed by atoms with Gasteiger partial charge in [0.15, 0.2) is 5.78 Å². The summed E-state index contributed by atoms with van der Waals surface area (Å²) in [5, 5.41) is 10.7. The molecule has 0 unspecified atom stereocenters. The van der Waals surface area contributed by atoms with Gasteiger partial charge in [-0.3, -0.25) is 14.4 Å². The first-order valence-corrected chi connectivity index (χ1v) is 3.99. The van der Waals surface area contributed by atoms with Gasteiger partial charge in [-0.15, -0.1) is 0 Å². The topological polar surface area (TPSA) is 83.5 Å². The molecule has 5 heteroatoms. The van der Waals surface area contributed by atoms with Crippen molar-refractivity contribution in [2.24, 2.45) is 0 Å². The fourth-order valence-electron chi connectivity index (χ4n) is 0.767. The van der Waals surface area contributed by atoms with Crippen molar-refractivity contribution in [1.29, 1.82) is 0 Å². The molecule has 0 heterocycles. The number of carboxylic acids is 1. The number of carboxylic acid groups (broad SMARTS) is 1. The predicted octanol–water partition coefficient (Wildman–Crippen LogP) is -0.0551. The largest absolute Gasteiger partial charge is 0.481 e. The first-order valence-electron chi connectivity index (χ1n) is 3.99. The Hall–Kier alpha value is -1.39. The zero-order valence-electron chi connectivity index (χ0n) is 7.66. The van der Waals surface area contributed by atoms with Gasteiger partial charge in [0.25, 0.3) is 0 Å². The van der Waals surface area contributed by atoms with Crippen molar-refractivity contribution in [3.8, 4) is 0 Å². The van der Waals surface area contributed by atoms with Crippen LogP contribution >= 0.6 is 0 Å². The second-order valence-electron chi connectivity index (χ2n) is 2.68. The quantitative estimate of drug-likeness (QED) is 0.631. The van der Waals surface area contributed by atoms with Crippen molar-refractivity contribution in [2.45, 2.75) is 32.7 Å². The summed E-state index contributed by atoms with van der Waals surface area (Å²) in [6.07, 6.45) is -0.121. The lowest BCUT2D eigenvalue weighted by Crippen LogP contribution is -2.40. The van der Waals surface area contributed by atoms with E-state index in [-0.39, 0.29) is 24.5 Å². The number of nitrogens with one attached hydrogen (secondary N) is 1. The third-order valence-electron chi connectivity index (χ3n) is 1.53. The average Bonchev–Trinajstić information content (AvgIpc) is 2.02. The fraction of sp³-hybridized carbons (Fsp3) is 0.625. The van der Waals surface area contributed by atoms with E-state index in [0.717, 1.165) is 0 Å². The van der Waals surface area contributed by atoms with Crippen molar-refractivity contribution in [3.63, 3.8) is 0 Å². The number of hydrogen-bond acceptors (Lipinski definition) is 3. The fourth-order valence-corrected chi connectivity index (χ4v) is 0.767. The summed E-state index contributed by atoms with van der Waals surface area (Å²) >= 11 is 0. The Bertz CT molecular complexity index is 224. The lowest BCUT2D eigenvalue weighted by atomic mass is 10.1. The Morgan fingerprint density at radius 2 is 1.92 bits per heavy atom. The highest BCUT2D eigenvalue weighted by Gasteiger charge is 2.19. The molecule has 0 aliphatic heterocycles. The van der Waals surface area contributed by atoms with Gasteiger partial charge >= 0.3 is 5.97 Å². The number of amides is 1. The summed E-state index contributed by atoms with van der Waals surface area (Å²) in [5.74, 6) is -1.76. The number of carbonyl (C=O) groups is 3. The molecule has 0 saturated carbocycles. The van der Waals surface area contributed by atoms with E-state index in [0.29, 0.717) is 0 Å². The predicted molar refractivity (Wildman–Crippen MR) is 45.2 cm³/mol. The Balaban J connectivity index is 4.18. The van der Waals surface area contributed by atoms with Crippen LogP contribution in [0.15, 0.2) is 0 Å². The standard InChI is InChI=1S/C8H13NO4/c1-3-7(11)9-6(5(2)10)4-8(12)13/h6H,3-4H2,1-2H3,(H,9,11)(H,12,13)/t6-/m0/s1. The van der Waals surface area contributed by atoms with Crippen LogP contribution in [-0.2, 0) is 14.4 Å². The molecule has 74 valence electrons. The van der Waals surface area contributed by atoms with E-state index in [1.54, 1.807) is 6.92 Å². The van der Waals surface area contributed by atoms with Crippen molar-refractivity contribution in [1.82, 2.24) is 5.32 Å². The number of ketones is 1. The normalized spacial score (nSPS) is 11.8. The molecule has 0 rings (SSSR count). The third kappa shape index (κ3) is 4.95. The molecule has 0 spiro atoms. The summed E-state index contributed by atoms with van der Waals surface area (Å²) in [6, 6.07) is -0.898. The smallest absolute Gasteiger partial charge is 0.305 e. The molecule has 0 aromatic rings. The number of rotatable bonds is 5. The van der Waals surface area contributed by atoms with Crippen LogP contribution in [-0.4, -0.2) is 28.8 Å². The Morgan fingerprint density at radius 3 is 2.23 bits per heavy atom. The zero-order chi connectivity index (χ0) is 10.4. The summed E-state index contributed by atoms with van der Waals surface area (Å²) < 4.78 is 0. The molecule has 0 bridgehead atoms. The SMILES string of the molecule is CCC(=O)N[C@@H](CC(=O)O)C(C)=O. The van der Waals surface area contributed by atoms with E-state index in [1.165, 1.54) is 6.92 Å². The molecule has 1 atom stereocenters. The van der Waals surface area contributed by atoms with E-state index in [1.807, 2.05) is 0 Å². The van der Waals surface area contributed by atoms with Gasteiger partial charge in [0.2, 0.25) is 5.91 Å². The molecule has 2 N–H and O–H groups in total. The highest BCUT2D eigenvalue weighted by molar-refractivity contribution is 5.90. The van der Waals surface area contributed by atoms with Crippen LogP contribution in [0, 0.1) is 0 Å². The zero-order valence-corrected chi connectivity index (χ0v) is 7.66. The van der Waals surface area contributed by atoms with E-state index in [2.05, 4.69) is 5.32 Å². The van der Waals surface area contributed by atoms with Gasteiger partial charge in [-0.1, -0.05) is 6.92 Å². The lowest BCUT2D eigenvalue weighted by molar-refractivity contribution is -0.139. The van der Waals surface area contributed by atoms with Crippen molar-refractivity contribution in [3.05, 3.63) is 0 Å². The van der Waals surface area contributed by atoms with Gasteiger partial charge in [-0.2, -0.15) is 0 Å². The van der Waals surface area contributed by atoms with Gasteiger partial charge in [-0.05, 0) is 6.92 Å². The van der Waals surface area contributed by atoms with Crippen LogP contribution in [0.4, 0.5) is 0 Å². The number of aliphatic carboxylic acids is 1. The van der Waals surface area contributed by atoms with Crippen LogP contribution in [0.1, 0.15) is 26.7 Å². The van der Waals surface area contributed by atoms with Gasteiger partial charge < -0.3 is 10.4 Å². The van der Waals surface area contributed by atoms with E-state index in [4.69, 9.17) is 5.11 Å². The first-order chi connectivity index (χ1) is 5.97. The van der Waals surface area contributed by atoms with Gasteiger partial charge in [0.05, 0.1) is 12.5 Å². The molecule has 0 saturated heterocycles. The summed E-state index contributed by atoms with van der Waals surface area (Å²) in [5.41, 5.74) is 0. The minimum absolute atomic E-state index is 0.239. The van der Waals surface area contributed by atoms with E-state index >= 15 is 0 Å². The maximum atomic E-state index is 10.9. The maximum Gasteiger partial charge on any atom is 0.305 e. The second kappa shape index (κ2) is 5.29. The average molecular weight is 187 g/mol. The lowest BCUT2D eigenvalue weighted by Gasteiger charge is -2.12. The second-order valence-corrected chi connectivity index (χ2v) is 2.68. The number of hydrogen-bond donors (Lipinski definition) is 2. The van der Waals surface area contributed by atoms with Crippen molar-refractivity contribution in [2.75, 3.05) is 0 Å². The Kier molecular flexibility index (Phi) is 4.72. The van der Waals surface area contributed by atoms with Crippen LogP contribution in [0.3, 0.4) is 0 Å². The summed E-state index contributed by atoms with van der Waals surface area (Å²) in [7, 11) is 0. The molecule has 0 radical (unpaired) electrons. The number of Topliss-reactive ketones (excluding diaryl/α,β-unsaturated/α-hetero) is 1. The first kappa shape index (κ1) is 11.6. The minimum Gasteiger partial charge on any atom is -0.481 e. The molecule has 5 nitrogen and oxygen atoms in total. The minimum atomic E-state index is -1.10. The molecule has 0 aliphatic rings. The highest BCUT2D eigenvalue weighted by Crippen LogP contribution is 1.94. The van der Waals surface area contributed by atoms with Crippen molar-refractivity contribution >= 4 is 17.7 Å². The van der Waals surface area contributed by atoms with E-state index in [9.17, 15) is 14.4 Å². The Morgan fingerprint density at radius 1 is 1.38 bits per heavy atom. The molecular weight excluding hydrogens is 174 g/mol.